The molecule has 0 radical (unpaired) electrons. The van der Waals surface area contributed by atoms with Crippen molar-refractivity contribution >= 4 is 11.9 Å². The smallest absolute Gasteiger partial charge is 0.311 e. The third-order valence-electron chi connectivity index (χ3n) is 4.26. The highest BCUT2D eigenvalue weighted by molar-refractivity contribution is 5.81. The van der Waals surface area contributed by atoms with Gasteiger partial charge in [-0.2, -0.15) is 0 Å². The molecule has 1 amide bonds. The number of nitrogens with one attached hydrogen (secondary N) is 1. The summed E-state index contributed by atoms with van der Waals surface area (Å²) in [6.45, 7) is 6.47. The summed E-state index contributed by atoms with van der Waals surface area (Å²) in [5.41, 5.74) is 0. The van der Waals surface area contributed by atoms with Crippen LogP contribution in [-0.2, 0) is 19.1 Å². The van der Waals surface area contributed by atoms with Gasteiger partial charge in [-0.1, -0.05) is 6.92 Å². The average Bonchev–Trinajstić information content (AvgIpc) is 3.08. The summed E-state index contributed by atoms with van der Waals surface area (Å²) in [6.07, 6.45) is 0. The molecule has 0 aromatic heterocycles. The van der Waals surface area contributed by atoms with Gasteiger partial charge in [0.05, 0.1) is 38.4 Å². The van der Waals surface area contributed by atoms with E-state index in [9.17, 15) is 14.7 Å². The quantitative estimate of drug-likeness (QED) is 0.691. The molecule has 0 spiro atoms. The second-order valence-electron chi connectivity index (χ2n) is 5.48. The number of hydrogen-bond donors (Lipinski definition) is 2. The molecule has 2 rings (SSSR count). The van der Waals surface area contributed by atoms with Crippen LogP contribution in [0.4, 0.5) is 0 Å². The molecule has 4 atom stereocenters. The molecule has 7 nitrogen and oxygen atoms in total. The van der Waals surface area contributed by atoms with E-state index >= 15 is 0 Å². The number of carboxylic acid groups (broad SMARTS) is 1. The highest BCUT2D eigenvalue weighted by atomic mass is 16.5. The van der Waals surface area contributed by atoms with E-state index in [4.69, 9.17) is 9.47 Å². The number of aliphatic carboxylic acids is 1. The largest absolute Gasteiger partial charge is 0.481 e. The summed E-state index contributed by atoms with van der Waals surface area (Å²) < 4.78 is 10.7. The summed E-state index contributed by atoms with van der Waals surface area (Å²) in [5.74, 6) is -1.84. The van der Waals surface area contributed by atoms with Crippen LogP contribution in [0.15, 0.2) is 0 Å². The Morgan fingerprint density at radius 3 is 2.43 bits per heavy atom. The van der Waals surface area contributed by atoms with Crippen molar-refractivity contribution in [3.05, 3.63) is 0 Å². The van der Waals surface area contributed by atoms with E-state index in [2.05, 4.69) is 5.32 Å². The van der Waals surface area contributed by atoms with Gasteiger partial charge in [0.2, 0.25) is 5.91 Å². The third-order valence-corrected chi connectivity index (χ3v) is 4.26. The first kappa shape index (κ1) is 16.2. The number of carboxylic acids is 1. The molecule has 4 unspecified atom stereocenters. The first-order valence-corrected chi connectivity index (χ1v) is 7.52. The normalized spacial score (nSPS) is 32.3. The molecule has 7 heteroatoms. The van der Waals surface area contributed by atoms with Crippen LogP contribution >= 0.6 is 0 Å². The molecule has 0 bridgehead atoms. The first-order valence-electron chi connectivity index (χ1n) is 7.52. The van der Waals surface area contributed by atoms with Gasteiger partial charge >= 0.3 is 5.97 Å². The number of rotatable bonds is 6. The van der Waals surface area contributed by atoms with E-state index in [1.807, 2.05) is 13.8 Å². The standard InChI is InChI=1S/C14H24N2O5/c1-3-15-11-7-20-5-9(11)13(17)16(4-2)12-8-21-6-10(12)14(18)19/h9-12,15H,3-8H2,1-2H3,(H,18,19). The molecule has 0 aromatic carbocycles. The maximum atomic E-state index is 12.8. The number of ether oxygens (including phenoxy) is 2. The third kappa shape index (κ3) is 3.36. The van der Waals surface area contributed by atoms with E-state index in [1.165, 1.54) is 0 Å². The monoisotopic (exact) mass is 300 g/mol. The number of carbonyl (C=O) groups is 2. The van der Waals surface area contributed by atoms with Gasteiger partial charge in [0, 0.05) is 12.6 Å². The number of hydrogen-bond acceptors (Lipinski definition) is 5. The molecule has 0 aliphatic carbocycles. The van der Waals surface area contributed by atoms with E-state index in [0.29, 0.717) is 19.8 Å². The fourth-order valence-corrected chi connectivity index (χ4v) is 3.11. The van der Waals surface area contributed by atoms with Crippen LogP contribution in [0.5, 0.6) is 0 Å². The van der Waals surface area contributed by atoms with Crippen molar-refractivity contribution in [1.82, 2.24) is 10.2 Å². The molecule has 0 saturated carbocycles. The Morgan fingerprint density at radius 1 is 1.14 bits per heavy atom. The summed E-state index contributed by atoms with van der Waals surface area (Å²) >= 11 is 0. The Kier molecular flexibility index (Phi) is 5.55. The van der Waals surface area contributed by atoms with E-state index < -0.39 is 11.9 Å². The van der Waals surface area contributed by atoms with Gasteiger partial charge in [-0.3, -0.25) is 9.59 Å². The van der Waals surface area contributed by atoms with Crippen molar-refractivity contribution < 1.29 is 24.2 Å². The van der Waals surface area contributed by atoms with Crippen LogP contribution in [-0.4, -0.2) is 73.5 Å². The van der Waals surface area contributed by atoms with E-state index in [1.54, 1.807) is 4.90 Å². The highest BCUT2D eigenvalue weighted by Gasteiger charge is 2.43. The fourth-order valence-electron chi connectivity index (χ4n) is 3.11. The Labute approximate surface area is 124 Å². The zero-order chi connectivity index (χ0) is 15.4. The predicted octanol–water partition coefficient (Wildman–Crippen LogP) is -0.441. The van der Waals surface area contributed by atoms with Gasteiger partial charge in [0.15, 0.2) is 0 Å². The zero-order valence-electron chi connectivity index (χ0n) is 12.6. The number of carbonyl (C=O) groups excluding carboxylic acids is 1. The molecule has 2 aliphatic heterocycles. The molecule has 2 heterocycles. The van der Waals surface area contributed by atoms with Gasteiger partial charge in [-0.05, 0) is 13.5 Å². The van der Waals surface area contributed by atoms with E-state index in [0.717, 1.165) is 6.54 Å². The summed E-state index contributed by atoms with van der Waals surface area (Å²) in [7, 11) is 0. The summed E-state index contributed by atoms with van der Waals surface area (Å²) in [5, 5.41) is 12.5. The molecule has 2 fully saturated rings. The van der Waals surface area contributed by atoms with Crippen molar-refractivity contribution in [2.45, 2.75) is 25.9 Å². The van der Waals surface area contributed by atoms with Crippen LogP contribution in [0.1, 0.15) is 13.8 Å². The molecule has 120 valence electrons. The minimum Gasteiger partial charge on any atom is -0.481 e. The van der Waals surface area contributed by atoms with E-state index in [-0.39, 0.29) is 37.1 Å². The van der Waals surface area contributed by atoms with Crippen molar-refractivity contribution in [3.63, 3.8) is 0 Å². The van der Waals surface area contributed by atoms with Gasteiger partial charge in [0.25, 0.3) is 0 Å². The zero-order valence-corrected chi connectivity index (χ0v) is 12.6. The van der Waals surface area contributed by atoms with Gasteiger partial charge in [-0.25, -0.2) is 0 Å². The van der Waals surface area contributed by atoms with Gasteiger partial charge < -0.3 is 24.8 Å². The van der Waals surface area contributed by atoms with Crippen LogP contribution in [0.25, 0.3) is 0 Å². The van der Waals surface area contributed by atoms with Crippen LogP contribution in [0.3, 0.4) is 0 Å². The SMILES string of the molecule is CCNC1COCC1C(=O)N(CC)C1COCC1C(=O)O. The highest BCUT2D eigenvalue weighted by Crippen LogP contribution is 2.24. The molecule has 2 aliphatic rings. The second-order valence-corrected chi connectivity index (χ2v) is 5.48. The lowest BCUT2D eigenvalue weighted by Gasteiger charge is -2.32. The molecule has 2 saturated heterocycles. The van der Waals surface area contributed by atoms with Crippen molar-refractivity contribution in [2.24, 2.45) is 11.8 Å². The Balaban J connectivity index is 2.09. The average molecular weight is 300 g/mol. The molecule has 0 aromatic rings. The molecule has 21 heavy (non-hydrogen) atoms. The Hall–Kier alpha value is -1.18. The number of likely N-dealkylation sites (N-methyl/N-ethyl adjacent to an activating group) is 2. The van der Waals surface area contributed by atoms with Crippen molar-refractivity contribution in [3.8, 4) is 0 Å². The Morgan fingerprint density at radius 2 is 1.81 bits per heavy atom. The second kappa shape index (κ2) is 7.20. The number of amides is 1. The van der Waals surface area contributed by atoms with Crippen molar-refractivity contribution in [2.75, 3.05) is 39.5 Å². The minimum atomic E-state index is -0.908. The van der Waals surface area contributed by atoms with Gasteiger partial charge in [0.1, 0.15) is 5.92 Å². The maximum absolute atomic E-state index is 12.8. The lowest BCUT2D eigenvalue weighted by atomic mass is 9.97. The lowest BCUT2D eigenvalue weighted by Crippen LogP contribution is -2.52. The van der Waals surface area contributed by atoms with Crippen LogP contribution in [0.2, 0.25) is 0 Å². The first-order chi connectivity index (χ1) is 10.1. The molecule has 2 N–H and O–H groups in total. The summed E-state index contributed by atoms with van der Waals surface area (Å²) in [6, 6.07) is -0.384. The fraction of sp³-hybridized carbons (Fsp3) is 0.857. The topological polar surface area (TPSA) is 88.1 Å². The van der Waals surface area contributed by atoms with Crippen LogP contribution < -0.4 is 5.32 Å². The van der Waals surface area contributed by atoms with Crippen LogP contribution in [0, 0.1) is 11.8 Å². The Bertz CT molecular complexity index is 390. The lowest BCUT2D eigenvalue weighted by molar-refractivity contribution is -0.146. The predicted molar refractivity (Wildman–Crippen MR) is 74.9 cm³/mol. The minimum absolute atomic E-state index is 0.00199. The number of nitrogens with zero attached hydrogens (tertiary/aromatic N) is 1. The maximum Gasteiger partial charge on any atom is 0.311 e. The van der Waals surface area contributed by atoms with Gasteiger partial charge in [-0.15, -0.1) is 0 Å². The molecular weight excluding hydrogens is 276 g/mol. The molecular formula is C14H24N2O5. The van der Waals surface area contributed by atoms with Crippen molar-refractivity contribution in [1.29, 1.82) is 0 Å². The summed E-state index contributed by atoms with van der Waals surface area (Å²) in [4.78, 5) is 25.7.